The Labute approximate surface area is 104 Å². The summed E-state index contributed by atoms with van der Waals surface area (Å²) >= 11 is 0. The van der Waals surface area contributed by atoms with E-state index in [2.05, 4.69) is 27.6 Å². The van der Waals surface area contributed by atoms with Crippen LogP contribution in [-0.2, 0) is 13.1 Å². The molecule has 2 heterocycles. The molecule has 96 valence electrons. The van der Waals surface area contributed by atoms with E-state index in [0.29, 0.717) is 6.54 Å². The van der Waals surface area contributed by atoms with Crippen molar-refractivity contribution in [2.75, 3.05) is 19.6 Å². The van der Waals surface area contributed by atoms with Gasteiger partial charge in [-0.15, -0.1) is 0 Å². The lowest BCUT2D eigenvalue weighted by atomic mass is 10.0. The van der Waals surface area contributed by atoms with Crippen molar-refractivity contribution in [3.63, 3.8) is 0 Å². The van der Waals surface area contributed by atoms with Crippen LogP contribution in [0.25, 0.3) is 0 Å². The summed E-state index contributed by atoms with van der Waals surface area (Å²) in [4.78, 5) is 6.97. The molecule has 1 saturated heterocycles. The zero-order valence-corrected chi connectivity index (χ0v) is 10.8. The van der Waals surface area contributed by atoms with E-state index in [9.17, 15) is 0 Å². The molecule has 0 radical (unpaired) electrons. The first-order valence-electron chi connectivity index (χ1n) is 6.71. The minimum atomic E-state index is 0.678. The van der Waals surface area contributed by atoms with Crippen molar-refractivity contribution in [1.82, 2.24) is 14.5 Å². The highest BCUT2D eigenvalue weighted by Crippen LogP contribution is 2.17. The number of nitrogens with zero attached hydrogens (tertiary/aromatic N) is 3. The molecule has 4 nitrogen and oxygen atoms in total. The Morgan fingerprint density at radius 2 is 2.29 bits per heavy atom. The van der Waals surface area contributed by atoms with Gasteiger partial charge in [-0.2, -0.15) is 0 Å². The monoisotopic (exact) mass is 236 g/mol. The molecule has 0 spiro atoms. The normalized spacial score (nSPS) is 22.6. The van der Waals surface area contributed by atoms with Gasteiger partial charge in [-0.3, -0.25) is 4.90 Å². The highest BCUT2D eigenvalue weighted by atomic mass is 15.1. The molecule has 2 rings (SSSR count). The average molecular weight is 236 g/mol. The third kappa shape index (κ3) is 3.82. The summed E-state index contributed by atoms with van der Waals surface area (Å²) in [5.41, 5.74) is 6.71. The second kappa shape index (κ2) is 6.17. The molecular formula is C13H24N4. The van der Waals surface area contributed by atoms with Crippen molar-refractivity contribution in [1.29, 1.82) is 0 Å². The topological polar surface area (TPSA) is 47.1 Å². The Morgan fingerprint density at radius 1 is 1.41 bits per heavy atom. The van der Waals surface area contributed by atoms with Gasteiger partial charge in [0.05, 0.1) is 12.0 Å². The number of hydrogen-bond acceptors (Lipinski definition) is 3. The first-order valence-corrected chi connectivity index (χ1v) is 6.71. The van der Waals surface area contributed by atoms with Crippen molar-refractivity contribution >= 4 is 0 Å². The van der Waals surface area contributed by atoms with Crippen molar-refractivity contribution < 1.29 is 0 Å². The van der Waals surface area contributed by atoms with Gasteiger partial charge in [0.1, 0.15) is 0 Å². The van der Waals surface area contributed by atoms with E-state index in [1.807, 2.05) is 6.33 Å². The van der Waals surface area contributed by atoms with E-state index in [-0.39, 0.29) is 0 Å². The van der Waals surface area contributed by atoms with E-state index in [4.69, 9.17) is 5.73 Å². The molecule has 0 bridgehead atoms. The number of hydrogen-bond donors (Lipinski definition) is 1. The molecule has 0 aliphatic carbocycles. The van der Waals surface area contributed by atoms with Gasteiger partial charge in [-0.05, 0) is 38.3 Å². The summed E-state index contributed by atoms with van der Waals surface area (Å²) in [7, 11) is 0. The van der Waals surface area contributed by atoms with Crippen molar-refractivity contribution in [3.8, 4) is 0 Å². The smallest absolute Gasteiger partial charge is 0.0950 e. The van der Waals surface area contributed by atoms with E-state index in [0.717, 1.165) is 19.0 Å². The zero-order valence-electron chi connectivity index (χ0n) is 10.8. The predicted molar refractivity (Wildman–Crippen MR) is 69.6 cm³/mol. The number of likely N-dealkylation sites (tertiary alicyclic amines) is 1. The molecule has 0 amide bonds. The molecule has 4 heteroatoms. The fourth-order valence-electron chi connectivity index (χ4n) is 2.47. The first-order chi connectivity index (χ1) is 8.28. The molecule has 0 aromatic carbocycles. The molecule has 1 unspecified atom stereocenters. The fourth-order valence-corrected chi connectivity index (χ4v) is 2.47. The molecule has 1 aromatic rings. The van der Waals surface area contributed by atoms with Gasteiger partial charge in [0.25, 0.3) is 0 Å². The second-order valence-electron chi connectivity index (χ2n) is 5.20. The van der Waals surface area contributed by atoms with Crippen LogP contribution in [0, 0.1) is 5.92 Å². The van der Waals surface area contributed by atoms with E-state index in [1.165, 1.54) is 38.0 Å². The van der Waals surface area contributed by atoms with Gasteiger partial charge in [0, 0.05) is 25.8 Å². The maximum absolute atomic E-state index is 5.53. The summed E-state index contributed by atoms with van der Waals surface area (Å²) in [5.74, 6) is 0.884. The van der Waals surface area contributed by atoms with Gasteiger partial charge in [0.15, 0.2) is 0 Å². The van der Waals surface area contributed by atoms with E-state index in [1.54, 1.807) is 0 Å². The molecule has 1 fully saturated rings. The summed E-state index contributed by atoms with van der Waals surface area (Å²) in [5, 5.41) is 0. The molecular weight excluding hydrogens is 212 g/mol. The highest BCUT2D eigenvalue weighted by Gasteiger charge is 2.14. The standard InChI is InChI=1S/C13H24N4/c1-12-3-2-6-16(7-4-12)9-13-10-17(8-5-14)11-15-13/h10-12H,2-9,14H2,1H3. The lowest BCUT2D eigenvalue weighted by molar-refractivity contribution is 0.271. The van der Waals surface area contributed by atoms with Crippen LogP contribution >= 0.6 is 0 Å². The Bertz CT molecular complexity index is 334. The van der Waals surface area contributed by atoms with Crippen LogP contribution < -0.4 is 5.73 Å². The molecule has 1 aromatic heterocycles. The SMILES string of the molecule is CC1CCCN(Cc2cn(CCN)cn2)CC1. The molecule has 1 aliphatic rings. The van der Waals surface area contributed by atoms with Crippen LogP contribution in [-0.4, -0.2) is 34.1 Å². The number of nitrogens with two attached hydrogens (primary N) is 1. The Kier molecular flexibility index (Phi) is 4.57. The third-order valence-electron chi connectivity index (χ3n) is 3.57. The third-order valence-corrected chi connectivity index (χ3v) is 3.57. The summed E-state index contributed by atoms with van der Waals surface area (Å²) in [6.45, 7) is 7.32. The van der Waals surface area contributed by atoms with Gasteiger partial charge in [0.2, 0.25) is 0 Å². The number of rotatable bonds is 4. The maximum Gasteiger partial charge on any atom is 0.0950 e. The second-order valence-corrected chi connectivity index (χ2v) is 5.20. The largest absolute Gasteiger partial charge is 0.336 e. The van der Waals surface area contributed by atoms with Gasteiger partial charge >= 0.3 is 0 Å². The molecule has 1 atom stereocenters. The average Bonchev–Trinajstić information content (AvgIpc) is 2.63. The first kappa shape index (κ1) is 12.6. The number of imidazole rings is 1. The quantitative estimate of drug-likeness (QED) is 0.861. The van der Waals surface area contributed by atoms with Gasteiger partial charge in [-0.1, -0.05) is 6.92 Å². The maximum atomic E-state index is 5.53. The molecule has 2 N–H and O–H groups in total. The summed E-state index contributed by atoms with van der Waals surface area (Å²) in [6.07, 6.45) is 8.04. The van der Waals surface area contributed by atoms with Gasteiger partial charge in [-0.25, -0.2) is 4.98 Å². The summed E-state index contributed by atoms with van der Waals surface area (Å²) < 4.78 is 2.08. The van der Waals surface area contributed by atoms with Crippen LogP contribution in [0.2, 0.25) is 0 Å². The van der Waals surface area contributed by atoms with Crippen molar-refractivity contribution in [2.24, 2.45) is 11.7 Å². The Morgan fingerprint density at radius 3 is 3.12 bits per heavy atom. The lowest BCUT2D eigenvalue weighted by Crippen LogP contribution is -2.24. The molecule has 0 saturated carbocycles. The van der Waals surface area contributed by atoms with E-state index < -0.39 is 0 Å². The molecule has 1 aliphatic heterocycles. The predicted octanol–water partition coefficient (Wildman–Crippen LogP) is 1.46. The van der Waals surface area contributed by atoms with Crippen molar-refractivity contribution in [3.05, 3.63) is 18.2 Å². The van der Waals surface area contributed by atoms with E-state index >= 15 is 0 Å². The molecule has 17 heavy (non-hydrogen) atoms. The zero-order chi connectivity index (χ0) is 12.1. The van der Waals surface area contributed by atoms with Crippen molar-refractivity contribution in [2.45, 2.75) is 39.3 Å². The lowest BCUT2D eigenvalue weighted by Gasteiger charge is -2.18. The van der Waals surface area contributed by atoms with Crippen LogP contribution in [0.4, 0.5) is 0 Å². The Balaban J connectivity index is 1.86. The highest BCUT2D eigenvalue weighted by molar-refractivity contribution is 4.96. The van der Waals surface area contributed by atoms with Crippen LogP contribution in [0.5, 0.6) is 0 Å². The van der Waals surface area contributed by atoms with Crippen LogP contribution in [0.15, 0.2) is 12.5 Å². The van der Waals surface area contributed by atoms with Crippen LogP contribution in [0.3, 0.4) is 0 Å². The fraction of sp³-hybridized carbons (Fsp3) is 0.769. The Hall–Kier alpha value is -0.870. The minimum Gasteiger partial charge on any atom is -0.336 e. The van der Waals surface area contributed by atoms with Crippen LogP contribution in [0.1, 0.15) is 31.9 Å². The van der Waals surface area contributed by atoms with Gasteiger partial charge < -0.3 is 10.3 Å². The summed E-state index contributed by atoms with van der Waals surface area (Å²) in [6, 6.07) is 0. The minimum absolute atomic E-state index is 0.678. The number of aromatic nitrogens is 2.